The predicted octanol–water partition coefficient (Wildman–Crippen LogP) is -0.405. The minimum Gasteiger partial charge on any atom is -0.315 e. The number of nitrogens with two attached hydrogens (primary N) is 1. The van der Waals surface area contributed by atoms with Gasteiger partial charge < -0.3 is 10.2 Å². The van der Waals surface area contributed by atoms with E-state index in [9.17, 15) is 8.42 Å². The van der Waals surface area contributed by atoms with Gasteiger partial charge >= 0.3 is 0 Å². The van der Waals surface area contributed by atoms with Crippen LogP contribution in [0.15, 0.2) is 0 Å². The van der Waals surface area contributed by atoms with Gasteiger partial charge in [-0.2, -0.15) is 0 Å². The molecule has 1 heterocycles. The molecule has 0 radical (unpaired) electrons. The molecule has 0 spiro atoms. The molecule has 1 unspecified atom stereocenters. The van der Waals surface area contributed by atoms with Crippen molar-refractivity contribution in [3.63, 3.8) is 0 Å². The molecule has 6 heteroatoms. The van der Waals surface area contributed by atoms with Gasteiger partial charge in [0, 0.05) is 19.1 Å². The topological polar surface area (TPSA) is 75.4 Å². The number of rotatable bonds is 6. The molecule has 3 N–H and O–H groups in total. The zero-order valence-electron chi connectivity index (χ0n) is 10.1. The van der Waals surface area contributed by atoms with Crippen LogP contribution in [0.3, 0.4) is 0 Å². The molecule has 0 amide bonds. The summed E-state index contributed by atoms with van der Waals surface area (Å²) in [5.74, 6) is 0.663. The highest BCUT2D eigenvalue weighted by atomic mass is 32.2. The lowest BCUT2D eigenvalue weighted by Gasteiger charge is -2.20. The molecule has 1 rings (SSSR count). The maximum absolute atomic E-state index is 10.7. The molecule has 1 saturated heterocycles. The van der Waals surface area contributed by atoms with Gasteiger partial charge in [0.05, 0.1) is 5.75 Å². The zero-order chi connectivity index (χ0) is 12.2. The SMILES string of the molecule is CC(C)N1CCC(CNCCS(N)(=O)=O)C1. The summed E-state index contributed by atoms with van der Waals surface area (Å²) in [5, 5.41) is 8.07. The van der Waals surface area contributed by atoms with Gasteiger partial charge in [0.15, 0.2) is 0 Å². The average Bonchev–Trinajstić information content (AvgIpc) is 2.59. The third-order valence-electron chi connectivity index (χ3n) is 3.04. The molecule has 0 bridgehead atoms. The largest absolute Gasteiger partial charge is 0.315 e. The van der Waals surface area contributed by atoms with Crippen molar-refractivity contribution < 1.29 is 8.42 Å². The normalized spacial score (nSPS) is 23.1. The van der Waals surface area contributed by atoms with E-state index in [2.05, 4.69) is 24.1 Å². The van der Waals surface area contributed by atoms with Crippen LogP contribution in [-0.4, -0.2) is 51.3 Å². The van der Waals surface area contributed by atoms with Crippen molar-refractivity contribution in [1.29, 1.82) is 0 Å². The Morgan fingerprint density at radius 2 is 2.19 bits per heavy atom. The Labute approximate surface area is 98.4 Å². The number of nitrogens with zero attached hydrogens (tertiary/aromatic N) is 1. The van der Waals surface area contributed by atoms with Gasteiger partial charge in [0.1, 0.15) is 0 Å². The fraction of sp³-hybridized carbons (Fsp3) is 1.00. The standard InChI is InChI=1S/C10H23N3O2S/c1-9(2)13-5-3-10(8-13)7-12-4-6-16(11,14)15/h9-10,12H,3-8H2,1-2H3,(H2,11,14,15). The summed E-state index contributed by atoms with van der Waals surface area (Å²) in [5.41, 5.74) is 0. The summed E-state index contributed by atoms with van der Waals surface area (Å²) in [6.07, 6.45) is 1.19. The Morgan fingerprint density at radius 3 is 2.69 bits per heavy atom. The van der Waals surface area contributed by atoms with E-state index in [0.717, 1.165) is 19.6 Å². The summed E-state index contributed by atoms with van der Waals surface area (Å²) in [4.78, 5) is 2.45. The number of nitrogens with one attached hydrogen (secondary N) is 1. The minimum atomic E-state index is -3.32. The van der Waals surface area contributed by atoms with Crippen LogP contribution >= 0.6 is 0 Å². The quantitative estimate of drug-likeness (QED) is 0.628. The molecule has 16 heavy (non-hydrogen) atoms. The van der Waals surface area contributed by atoms with Gasteiger partial charge in [-0.15, -0.1) is 0 Å². The maximum Gasteiger partial charge on any atom is 0.210 e. The molecule has 1 atom stereocenters. The molecule has 1 aliphatic heterocycles. The molecule has 1 aliphatic rings. The van der Waals surface area contributed by atoms with Crippen molar-refractivity contribution in [3.05, 3.63) is 0 Å². The highest BCUT2D eigenvalue weighted by molar-refractivity contribution is 7.89. The maximum atomic E-state index is 10.7. The third-order valence-corrected chi connectivity index (χ3v) is 3.82. The lowest BCUT2D eigenvalue weighted by Crippen LogP contribution is -2.33. The van der Waals surface area contributed by atoms with Crippen LogP contribution in [0, 0.1) is 5.92 Å². The first kappa shape index (κ1) is 13.9. The smallest absolute Gasteiger partial charge is 0.210 e. The molecular formula is C10H23N3O2S. The van der Waals surface area contributed by atoms with Gasteiger partial charge in [0.2, 0.25) is 10.0 Å². The van der Waals surface area contributed by atoms with E-state index < -0.39 is 10.0 Å². The predicted molar refractivity (Wildman–Crippen MR) is 65.7 cm³/mol. The Hall–Kier alpha value is -0.170. The lowest BCUT2D eigenvalue weighted by molar-refractivity contribution is 0.264. The van der Waals surface area contributed by atoms with Crippen molar-refractivity contribution in [2.45, 2.75) is 26.3 Å². The number of hydrogen-bond donors (Lipinski definition) is 2. The Bertz CT molecular complexity index is 303. The van der Waals surface area contributed by atoms with Crippen LogP contribution in [0.1, 0.15) is 20.3 Å². The van der Waals surface area contributed by atoms with E-state index in [1.165, 1.54) is 6.42 Å². The second-order valence-corrected chi connectivity index (χ2v) is 6.55. The van der Waals surface area contributed by atoms with Crippen LogP contribution < -0.4 is 10.5 Å². The monoisotopic (exact) mass is 249 g/mol. The summed E-state index contributed by atoms with van der Waals surface area (Å²) in [6.45, 7) is 8.02. The molecule has 0 aromatic carbocycles. The number of primary sulfonamides is 1. The fourth-order valence-electron chi connectivity index (χ4n) is 2.02. The molecule has 1 fully saturated rings. The number of likely N-dealkylation sites (tertiary alicyclic amines) is 1. The van der Waals surface area contributed by atoms with Crippen molar-refractivity contribution in [2.75, 3.05) is 31.9 Å². The van der Waals surface area contributed by atoms with Crippen molar-refractivity contribution >= 4 is 10.0 Å². The summed E-state index contributed by atoms with van der Waals surface area (Å²) < 4.78 is 21.4. The van der Waals surface area contributed by atoms with Gasteiger partial charge in [-0.1, -0.05) is 0 Å². The van der Waals surface area contributed by atoms with Gasteiger partial charge in [-0.25, -0.2) is 13.6 Å². The highest BCUT2D eigenvalue weighted by Gasteiger charge is 2.23. The highest BCUT2D eigenvalue weighted by Crippen LogP contribution is 2.17. The van der Waals surface area contributed by atoms with Gasteiger partial charge in [0.25, 0.3) is 0 Å². The first-order valence-electron chi connectivity index (χ1n) is 5.83. The van der Waals surface area contributed by atoms with Crippen LogP contribution in [0.4, 0.5) is 0 Å². The van der Waals surface area contributed by atoms with E-state index in [1.807, 2.05) is 0 Å². The van der Waals surface area contributed by atoms with Crippen molar-refractivity contribution in [1.82, 2.24) is 10.2 Å². The molecule has 0 aromatic rings. The van der Waals surface area contributed by atoms with Crippen LogP contribution in [0.5, 0.6) is 0 Å². The molecule has 0 aliphatic carbocycles. The second-order valence-electron chi connectivity index (χ2n) is 4.81. The van der Waals surface area contributed by atoms with Crippen molar-refractivity contribution in [2.24, 2.45) is 11.1 Å². The minimum absolute atomic E-state index is 0.0214. The molecular weight excluding hydrogens is 226 g/mol. The molecule has 0 saturated carbocycles. The first-order chi connectivity index (χ1) is 7.38. The van der Waals surface area contributed by atoms with E-state index in [0.29, 0.717) is 18.5 Å². The van der Waals surface area contributed by atoms with Crippen LogP contribution in [0.2, 0.25) is 0 Å². The number of hydrogen-bond acceptors (Lipinski definition) is 4. The summed E-state index contributed by atoms with van der Waals surface area (Å²) >= 11 is 0. The van der Waals surface area contributed by atoms with Crippen LogP contribution in [-0.2, 0) is 10.0 Å². The molecule has 5 nitrogen and oxygen atoms in total. The fourth-order valence-corrected chi connectivity index (χ4v) is 2.45. The average molecular weight is 249 g/mol. The molecule has 96 valence electrons. The van der Waals surface area contributed by atoms with Gasteiger partial charge in [-0.05, 0) is 39.3 Å². The van der Waals surface area contributed by atoms with E-state index in [-0.39, 0.29) is 5.75 Å². The van der Waals surface area contributed by atoms with E-state index >= 15 is 0 Å². The Morgan fingerprint density at radius 1 is 1.50 bits per heavy atom. The Kier molecular flexibility index (Phi) is 5.17. The van der Waals surface area contributed by atoms with E-state index in [1.54, 1.807) is 0 Å². The zero-order valence-corrected chi connectivity index (χ0v) is 11.0. The Balaban J connectivity index is 2.11. The lowest BCUT2D eigenvalue weighted by atomic mass is 10.1. The van der Waals surface area contributed by atoms with Gasteiger partial charge in [-0.3, -0.25) is 0 Å². The van der Waals surface area contributed by atoms with Crippen LogP contribution in [0.25, 0.3) is 0 Å². The second kappa shape index (κ2) is 5.95. The van der Waals surface area contributed by atoms with E-state index in [4.69, 9.17) is 5.14 Å². The summed E-state index contributed by atoms with van der Waals surface area (Å²) in [6, 6.07) is 0.606. The number of sulfonamides is 1. The summed E-state index contributed by atoms with van der Waals surface area (Å²) in [7, 11) is -3.32. The van der Waals surface area contributed by atoms with Crippen molar-refractivity contribution in [3.8, 4) is 0 Å². The third kappa shape index (κ3) is 5.25. The molecule has 0 aromatic heterocycles. The first-order valence-corrected chi connectivity index (χ1v) is 7.55.